The van der Waals surface area contributed by atoms with Crippen LogP contribution in [0.25, 0.3) is 0 Å². The molecule has 0 aromatic rings. The van der Waals surface area contributed by atoms with Crippen LogP contribution in [0.2, 0.25) is 0 Å². The summed E-state index contributed by atoms with van der Waals surface area (Å²) in [6, 6.07) is 0. The van der Waals surface area contributed by atoms with Crippen LogP contribution in [-0.2, 0) is 0 Å². The van der Waals surface area contributed by atoms with Crippen molar-refractivity contribution in [2.75, 3.05) is 0 Å². The van der Waals surface area contributed by atoms with Crippen LogP contribution in [-0.4, -0.2) is 0 Å². The van der Waals surface area contributed by atoms with Crippen LogP contribution in [0.5, 0.6) is 0 Å². The van der Waals surface area contributed by atoms with E-state index in [0.29, 0.717) is 5.41 Å². The van der Waals surface area contributed by atoms with E-state index in [1.807, 2.05) is 12.2 Å². The lowest BCUT2D eigenvalue weighted by Gasteiger charge is -2.18. The maximum Gasteiger partial charge on any atom is -0.0172 e. The summed E-state index contributed by atoms with van der Waals surface area (Å²) in [5, 5.41) is 0. The monoisotopic (exact) mass is 138 g/mol. The molecule has 0 spiro atoms. The van der Waals surface area contributed by atoms with E-state index < -0.39 is 0 Å². The summed E-state index contributed by atoms with van der Waals surface area (Å²) in [5.74, 6) is 0. The first-order valence-corrected chi connectivity index (χ1v) is 3.92. The van der Waals surface area contributed by atoms with Crippen molar-refractivity contribution < 1.29 is 0 Å². The van der Waals surface area contributed by atoms with Crippen LogP contribution in [0.4, 0.5) is 0 Å². The zero-order valence-corrected chi connectivity index (χ0v) is 7.35. The van der Waals surface area contributed by atoms with E-state index in [0.717, 1.165) is 0 Å². The Morgan fingerprint density at radius 1 is 1.40 bits per heavy atom. The van der Waals surface area contributed by atoms with Gasteiger partial charge in [-0.3, -0.25) is 0 Å². The highest BCUT2D eigenvalue weighted by atomic mass is 14.2. The molecule has 58 valence electrons. The van der Waals surface area contributed by atoms with E-state index in [9.17, 15) is 0 Å². The molecule has 0 aliphatic rings. The minimum atomic E-state index is 0.350. The van der Waals surface area contributed by atoms with Gasteiger partial charge in [-0.2, -0.15) is 0 Å². The second-order valence-corrected chi connectivity index (χ2v) is 3.33. The molecule has 0 saturated carbocycles. The molecule has 0 nitrogen and oxygen atoms in total. The van der Waals surface area contributed by atoms with Crippen LogP contribution in [0.1, 0.15) is 33.6 Å². The predicted octanol–water partition coefficient (Wildman–Crippen LogP) is 3.55. The van der Waals surface area contributed by atoms with Crippen LogP contribution < -0.4 is 0 Å². The molecule has 0 aliphatic carbocycles. The second-order valence-electron chi connectivity index (χ2n) is 3.33. The Kier molecular flexibility index (Phi) is 4.10. The fraction of sp³-hybridized carbons (Fsp3) is 0.600. The Morgan fingerprint density at radius 3 is 2.40 bits per heavy atom. The predicted molar refractivity (Wildman–Crippen MR) is 48.0 cm³/mol. The Morgan fingerprint density at radius 2 is 2.00 bits per heavy atom. The van der Waals surface area contributed by atoms with Crippen LogP contribution in [0.3, 0.4) is 0 Å². The van der Waals surface area contributed by atoms with E-state index in [2.05, 4.69) is 33.4 Å². The molecular weight excluding hydrogens is 120 g/mol. The van der Waals surface area contributed by atoms with Crippen molar-refractivity contribution in [1.29, 1.82) is 0 Å². The molecule has 0 amide bonds. The van der Waals surface area contributed by atoms with Gasteiger partial charge in [0, 0.05) is 0 Å². The van der Waals surface area contributed by atoms with Crippen molar-refractivity contribution in [3.05, 3.63) is 24.8 Å². The number of hydrogen-bond acceptors (Lipinski definition) is 0. The normalized spacial score (nSPS) is 12.3. The molecular formula is C10H18. The third-order valence-electron chi connectivity index (χ3n) is 1.58. The van der Waals surface area contributed by atoms with E-state index in [1.54, 1.807) is 0 Å². The largest absolute Gasteiger partial charge is 0.0991 e. The topological polar surface area (TPSA) is 0 Å². The maximum atomic E-state index is 3.64. The summed E-state index contributed by atoms with van der Waals surface area (Å²) in [5.41, 5.74) is 0.350. The first-order chi connectivity index (χ1) is 4.62. The van der Waals surface area contributed by atoms with Gasteiger partial charge in [0.05, 0.1) is 0 Å². The lowest BCUT2D eigenvalue weighted by molar-refractivity contribution is 0.432. The van der Waals surface area contributed by atoms with Gasteiger partial charge >= 0.3 is 0 Å². The van der Waals surface area contributed by atoms with Crippen LogP contribution in [0.15, 0.2) is 24.8 Å². The van der Waals surface area contributed by atoms with Gasteiger partial charge in [-0.1, -0.05) is 52.0 Å². The Bertz CT molecular complexity index is 118. The zero-order valence-electron chi connectivity index (χ0n) is 7.35. The molecule has 0 aliphatic heterocycles. The summed E-state index contributed by atoms with van der Waals surface area (Å²) < 4.78 is 0. The Labute approximate surface area is 64.6 Å². The number of rotatable bonds is 4. The molecule has 0 heteroatoms. The van der Waals surface area contributed by atoms with E-state index in [4.69, 9.17) is 0 Å². The quantitative estimate of drug-likeness (QED) is 0.521. The van der Waals surface area contributed by atoms with Gasteiger partial charge in [-0.25, -0.2) is 0 Å². The van der Waals surface area contributed by atoms with Gasteiger partial charge in [-0.15, -0.1) is 0 Å². The molecule has 0 aromatic carbocycles. The molecule has 0 saturated heterocycles. The number of hydrogen-bond donors (Lipinski definition) is 0. The van der Waals surface area contributed by atoms with Crippen molar-refractivity contribution >= 4 is 0 Å². The minimum Gasteiger partial charge on any atom is -0.0991 e. The Hall–Kier alpha value is -0.520. The van der Waals surface area contributed by atoms with Gasteiger partial charge < -0.3 is 0 Å². The summed E-state index contributed by atoms with van der Waals surface area (Å²) >= 11 is 0. The zero-order chi connectivity index (χ0) is 8.04. The molecule has 0 unspecified atom stereocenters. The van der Waals surface area contributed by atoms with Crippen molar-refractivity contribution in [2.45, 2.75) is 33.6 Å². The lowest BCUT2D eigenvalue weighted by Crippen LogP contribution is -2.05. The maximum absolute atomic E-state index is 3.64. The summed E-state index contributed by atoms with van der Waals surface area (Å²) in [6.07, 6.45) is 8.56. The molecule has 0 rings (SSSR count). The SMILES string of the molecule is C=CC=CC(C)(C)CCC. The lowest BCUT2D eigenvalue weighted by atomic mass is 9.88. The third kappa shape index (κ3) is 4.37. The van der Waals surface area contributed by atoms with Gasteiger partial charge in [0.2, 0.25) is 0 Å². The molecule has 0 fully saturated rings. The summed E-state index contributed by atoms with van der Waals surface area (Å²) in [4.78, 5) is 0. The highest BCUT2D eigenvalue weighted by molar-refractivity contribution is 5.03. The molecule has 0 N–H and O–H groups in total. The van der Waals surface area contributed by atoms with Crippen LogP contribution in [0, 0.1) is 5.41 Å². The van der Waals surface area contributed by atoms with Gasteiger partial charge in [0.1, 0.15) is 0 Å². The third-order valence-corrected chi connectivity index (χ3v) is 1.58. The fourth-order valence-electron chi connectivity index (χ4n) is 1.06. The molecule has 0 atom stereocenters. The van der Waals surface area contributed by atoms with Crippen molar-refractivity contribution in [1.82, 2.24) is 0 Å². The van der Waals surface area contributed by atoms with Crippen molar-refractivity contribution in [2.24, 2.45) is 5.41 Å². The highest BCUT2D eigenvalue weighted by Crippen LogP contribution is 2.23. The fourth-order valence-corrected chi connectivity index (χ4v) is 1.06. The van der Waals surface area contributed by atoms with E-state index >= 15 is 0 Å². The van der Waals surface area contributed by atoms with Gasteiger partial charge in [0.25, 0.3) is 0 Å². The Balaban J connectivity index is 3.84. The molecule has 0 radical (unpaired) electrons. The van der Waals surface area contributed by atoms with Gasteiger partial charge in [-0.05, 0) is 11.8 Å². The van der Waals surface area contributed by atoms with Crippen molar-refractivity contribution in [3.63, 3.8) is 0 Å². The first kappa shape index (κ1) is 9.48. The smallest absolute Gasteiger partial charge is 0.0172 e. The molecule has 0 aromatic heterocycles. The first-order valence-electron chi connectivity index (χ1n) is 3.92. The standard InChI is InChI=1S/C10H18/c1-5-7-9-10(3,4)8-6-2/h5,7,9H,1,6,8H2,2-4H3. The van der Waals surface area contributed by atoms with Gasteiger partial charge in [0.15, 0.2) is 0 Å². The van der Waals surface area contributed by atoms with E-state index in [1.165, 1.54) is 12.8 Å². The molecule has 10 heavy (non-hydrogen) atoms. The summed E-state index contributed by atoms with van der Waals surface area (Å²) in [7, 11) is 0. The molecule has 0 heterocycles. The van der Waals surface area contributed by atoms with Crippen LogP contribution >= 0.6 is 0 Å². The second kappa shape index (κ2) is 4.32. The number of allylic oxidation sites excluding steroid dienone is 3. The molecule has 0 bridgehead atoms. The van der Waals surface area contributed by atoms with E-state index in [-0.39, 0.29) is 0 Å². The van der Waals surface area contributed by atoms with Crippen molar-refractivity contribution in [3.8, 4) is 0 Å². The average molecular weight is 138 g/mol. The minimum absolute atomic E-state index is 0.350. The highest BCUT2D eigenvalue weighted by Gasteiger charge is 2.10. The summed E-state index contributed by atoms with van der Waals surface area (Å²) in [6.45, 7) is 10.3. The average Bonchev–Trinajstić information content (AvgIpc) is 1.84.